The van der Waals surface area contributed by atoms with Gasteiger partial charge in [0.2, 0.25) is 0 Å². The van der Waals surface area contributed by atoms with Crippen LogP contribution in [0.1, 0.15) is 27.2 Å². The first-order chi connectivity index (χ1) is 7.64. The zero-order chi connectivity index (χ0) is 12.4. The van der Waals surface area contributed by atoms with Crippen LogP contribution in [-0.4, -0.2) is 27.5 Å². The van der Waals surface area contributed by atoms with Crippen molar-refractivity contribution in [3.63, 3.8) is 0 Å². The van der Waals surface area contributed by atoms with Gasteiger partial charge in [-0.05, 0) is 18.1 Å². The number of carbonyl (C=O) groups is 1. The van der Waals surface area contributed by atoms with Gasteiger partial charge in [0.1, 0.15) is 0 Å². The lowest BCUT2D eigenvalue weighted by atomic mass is 10.5. The van der Waals surface area contributed by atoms with E-state index in [0.29, 0.717) is 13.2 Å². The molecule has 0 bridgehead atoms. The molecule has 0 aliphatic carbocycles. The van der Waals surface area contributed by atoms with Crippen molar-refractivity contribution in [1.29, 1.82) is 0 Å². The zero-order valence-electron chi connectivity index (χ0n) is 10.8. The van der Waals surface area contributed by atoms with E-state index in [2.05, 4.69) is 27.4 Å². The second-order valence-corrected chi connectivity index (χ2v) is 8.59. The van der Waals surface area contributed by atoms with Crippen LogP contribution in [0, 0.1) is 0 Å². The average molecular weight is 244 g/mol. The molecule has 0 rings (SSSR count). The van der Waals surface area contributed by atoms with Crippen LogP contribution in [0.3, 0.4) is 0 Å². The van der Waals surface area contributed by atoms with Gasteiger partial charge in [0.15, 0.2) is 8.32 Å². The van der Waals surface area contributed by atoms with Gasteiger partial charge in [-0.15, -0.1) is 0 Å². The van der Waals surface area contributed by atoms with Gasteiger partial charge in [-0.3, -0.25) is 0 Å². The standard InChI is InChI=1S/C12H24O3Si/c1-5-12(13)14-10-9-11-15-16(6-2,7-3)8-4/h5H,1,6-11H2,2-4H3. The summed E-state index contributed by atoms with van der Waals surface area (Å²) in [4.78, 5) is 10.8. The van der Waals surface area contributed by atoms with Crippen molar-refractivity contribution in [3.05, 3.63) is 12.7 Å². The number of hydrogen-bond acceptors (Lipinski definition) is 3. The maximum absolute atomic E-state index is 10.8. The maximum Gasteiger partial charge on any atom is 0.330 e. The molecule has 16 heavy (non-hydrogen) atoms. The number of rotatable bonds is 9. The first-order valence-electron chi connectivity index (χ1n) is 6.07. The van der Waals surface area contributed by atoms with E-state index < -0.39 is 8.32 Å². The van der Waals surface area contributed by atoms with Crippen molar-refractivity contribution < 1.29 is 14.0 Å². The summed E-state index contributed by atoms with van der Waals surface area (Å²) in [5.41, 5.74) is 0. The molecule has 0 aromatic carbocycles. The molecule has 0 spiro atoms. The molecular weight excluding hydrogens is 220 g/mol. The topological polar surface area (TPSA) is 35.5 Å². The second-order valence-electron chi connectivity index (χ2n) is 3.82. The van der Waals surface area contributed by atoms with E-state index in [1.54, 1.807) is 0 Å². The summed E-state index contributed by atoms with van der Waals surface area (Å²) in [7, 11) is -1.46. The van der Waals surface area contributed by atoms with Crippen LogP contribution in [0.25, 0.3) is 0 Å². The zero-order valence-corrected chi connectivity index (χ0v) is 11.8. The lowest BCUT2D eigenvalue weighted by Gasteiger charge is -2.27. The molecule has 0 heterocycles. The molecule has 0 radical (unpaired) electrons. The minimum atomic E-state index is -1.46. The van der Waals surface area contributed by atoms with E-state index in [0.717, 1.165) is 24.6 Å². The highest BCUT2D eigenvalue weighted by molar-refractivity contribution is 6.73. The Hall–Kier alpha value is -0.613. The first-order valence-corrected chi connectivity index (χ1v) is 8.60. The van der Waals surface area contributed by atoms with Gasteiger partial charge in [0, 0.05) is 19.1 Å². The Bertz CT molecular complexity index is 204. The quantitative estimate of drug-likeness (QED) is 0.270. The van der Waals surface area contributed by atoms with Crippen molar-refractivity contribution in [2.24, 2.45) is 0 Å². The van der Waals surface area contributed by atoms with Crippen LogP contribution in [-0.2, 0) is 14.0 Å². The molecule has 94 valence electrons. The van der Waals surface area contributed by atoms with Gasteiger partial charge < -0.3 is 9.16 Å². The fourth-order valence-electron chi connectivity index (χ4n) is 1.64. The van der Waals surface area contributed by atoms with Gasteiger partial charge in [0.05, 0.1) is 6.61 Å². The summed E-state index contributed by atoms with van der Waals surface area (Å²) in [5.74, 6) is -0.356. The third-order valence-electron chi connectivity index (χ3n) is 3.04. The summed E-state index contributed by atoms with van der Waals surface area (Å²) < 4.78 is 10.9. The predicted octanol–water partition coefficient (Wildman–Crippen LogP) is 3.13. The Morgan fingerprint density at radius 3 is 2.19 bits per heavy atom. The molecule has 0 unspecified atom stereocenters. The lowest BCUT2D eigenvalue weighted by Crippen LogP contribution is -2.36. The third kappa shape index (κ3) is 5.46. The van der Waals surface area contributed by atoms with E-state index in [1.165, 1.54) is 6.08 Å². The highest BCUT2D eigenvalue weighted by atomic mass is 28.4. The smallest absolute Gasteiger partial charge is 0.330 e. The molecule has 3 nitrogen and oxygen atoms in total. The normalized spacial score (nSPS) is 11.2. The summed E-state index contributed by atoms with van der Waals surface area (Å²) in [6.45, 7) is 11.1. The van der Waals surface area contributed by atoms with Crippen molar-refractivity contribution in [1.82, 2.24) is 0 Å². The van der Waals surface area contributed by atoms with Gasteiger partial charge in [0.25, 0.3) is 0 Å². The summed E-state index contributed by atoms with van der Waals surface area (Å²) in [6.07, 6.45) is 1.96. The number of esters is 1. The fourth-order valence-corrected chi connectivity index (χ4v) is 4.33. The minimum absolute atomic E-state index is 0.356. The van der Waals surface area contributed by atoms with Crippen molar-refractivity contribution in [3.8, 4) is 0 Å². The molecule has 4 heteroatoms. The molecule has 0 aliphatic rings. The number of hydrogen-bond donors (Lipinski definition) is 0. The van der Waals surface area contributed by atoms with Crippen molar-refractivity contribution in [2.75, 3.05) is 13.2 Å². The lowest BCUT2D eigenvalue weighted by molar-refractivity contribution is -0.137. The Labute approximate surface area is 100.0 Å². The first kappa shape index (κ1) is 15.4. The Morgan fingerprint density at radius 2 is 1.75 bits per heavy atom. The monoisotopic (exact) mass is 244 g/mol. The number of ether oxygens (including phenoxy) is 1. The molecule has 0 aromatic rings. The third-order valence-corrected chi connectivity index (χ3v) is 7.72. The second kappa shape index (κ2) is 8.53. The van der Waals surface area contributed by atoms with Crippen LogP contribution >= 0.6 is 0 Å². The summed E-state index contributed by atoms with van der Waals surface area (Å²) >= 11 is 0. The van der Waals surface area contributed by atoms with E-state index in [-0.39, 0.29) is 5.97 Å². The van der Waals surface area contributed by atoms with Gasteiger partial charge in [-0.2, -0.15) is 0 Å². The summed E-state index contributed by atoms with van der Waals surface area (Å²) in [6, 6.07) is 3.48. The Kier molecular flexibility index (Phi) is 8.20. The molecule has 0 amide bonds. The predicted molar refractivity (Wildman–Crippen MR) is 68.9 cm³/mol. The van der Waals surface area contributed by atoms with Crippen molar-refractivity contribution in [2.45, 2.75) is 45.3 Å². The molecule has 0 fully saturated rings. The molecule has 0 N–H and O–H groups in total. The highest BCUT2D eigenvalue weighted by Crippen LogP contribution is 2.21. The van der Waals surface area contributed by atoms with Gasteiger partial charge in [-0.25, -0.2) is 4.79 Å². The fraction of sp³-hybridized carbons (Fsp3) is 0.750. The Morgan fingerprint density at radius 1 is 1.19 bits per heavy atom. The van der Waals surface area contributed by atoms with Crippen LogP contribution in [0.15, 0.2) is 12.7 Å². The molecule has 0 saturated carbocycles. The van der Waals surface area contributed by atoms with Crippen LogP contribution in [0.5, 0.6) is 0 Å². The van der Waals surface area contributed by atoms with E-state index in [1.807, 2.05) is 0 Å². The van der Waals surface area contributed by atoms with E-state index in [4.69, 9.17) is 9.16 Å². The summed E-state index contributed by atoms with van der Waals surface area (Å²) in [5, 5.41) is 0. The van der Waals surface area contributed by atoms with E-state index in [9.17, 15) is 4.79 Å². The number of carbonyl (C=O) groups excluding carboxylic acids is 1. The Balaban J connectivity index is 3.71. The maximum atomic E-state index is 10.8. The van der Waals surface area contributed by atoms with E-state index >= 15 is 0 Å². The highest BCUT2D eigenvalue weighted by Gasteiger charge is 2.28. The van der Waals surface area contributed by atoms with Gasteiger partial charge in [-0.1, -0.05) is 27.4 Å². The molecular formula is C12H24O3Si. The largest absolute Gasteiger partial charge is 0.462 e. The SMILES string of the molecule is C=CC(=O)OCCCO[Si](CC)(CC)CC. The molecule has 0 aromatic heterocycles. The van der Waals surface area contributed by atoms with Crippen LogP contribution in [0.4, 0.5) is 0 Å². The minimum Gasteiger partial charge on any atom is -0.462 e. The molecule has 0 aliphatic heterocycles. The van der Waals surface area contributed by atoms with Crippen molar-refractivity contribution >= 4 is 14.3 Å². The molecule has 0 saturated heterocycles. The van der Waals surface area contributed by atoms with Crippen LogP contribution in [0.2, 0.25) is 18.1 Å². The van der Waals surface area contributed by atoms with Crippen LogP contribution < -0.4 is 0 Å². The average Bonchev–Trinajstić information content (AvgIpc) is 2.34. The van der Waals surface area contributed by atoms with Gasteiger partial charge >= 0.3 is 5.97 Å². The molecule has 0 atom stereocenters.